The molecule has 0 radical (unpaired) electrons. The highest BCUT2D eigenvalue weighted by atomic mass is 16.3. The molecule has 1 aromatic rings. The molecule has 1 saturated heterocycles. The quantitative estimate of drug-likeness (QED) is 0.837. The smallest absolute Gasteiger partial charge is 0.0899 e. The van der Waals surface area contributed by atoms with Crippen LogP contribution in [0.3, 0.4) is 0 Å². The van der Waals surface area contributed by atoms with Gasteiger partial charge in [0, 0.05) is 6.04 Å². The van der Waals surface area contributed by atoms with Crippen LogP contribution in [0.2, 0.25) is 0 Å². The van der Waals surface area contributed by atoms with Crippen LogP contribution in [0.4, 0.5) is 0 Å². The lowest BCUT2D eigenvalue weighted by Gasteiger charge is -2.23. The third kappa shape index (κ3) is 2.53. The van der Waals surface area contributed by atoms with Crippen molar-refractivity contribution in [1.82, 2.24) is 5.32 Å². The van der Waals surface area contributed by atoms with E-state index in [0.29, 0.717) is 6.04 Å². The summed E-state index contributed by atoms with van der Waals surface area (Å²) in [5.41, 5.74) is 2.00. The molecule has 92 valence electrons. The molecule has 2 aliphatic rings. The van der Waals surface area contributed by atoms with Crippen LogP contribution in [-0.4, -0.2) is 17.7 Å². The number of hydrogen-bond acceptors (Lipinski definition) is 2. The lowest BCUT2D eigenvalue weighted by atomic mass is 9.96. The van der Waals surface area contributed by atoms with Gasteiger partial charge < -0.3 is 10.4 Å². The SMILES string of the molecule is OC1(c2ccc(CC3CCCCN3)cc2)CC1. The molecule has 1 aromatic carbocycles. The summed E-state index contributed by atoms with van der Waals surface area (Å²) in [5.74, 6) is 0. The Kier molecular flexibility index (Phi) is 2.93. The largest absolute Gasteiger partial charge is 0.385 e. The normalized spacial score (nSPS) is 26.8. The van der Waals surface area contributed by atoms with Gasteiger partial charge in [-0.15, -0.1) is 0 Å². The van der Waals surface area contributed by atoms with Gasteiger partial charge in [-0.1, -0.05) is 30.7 Å². The van der Waals surface area contributed by atoms with Gasteiger partial charge in [-0.3, -0.25) is 0 Å². The fraction of sp³-hybridized carbons (Fsp3) is 0.600. The molecule has 0 amide bonds. The Morgan fingerprint density at radius 3 is 2.53 bits per heavy atom. The molecule has 1 unspecified atom stereocenters. The first-order chi connectivity index (χ1) is 8.26. The van der Waals surface area contributed by atoms with Crippen molar-refractivity contribution in [1.29, 1.82) is 0 Å². The van der Waals surface area contributed by atoms with E-state index < -0.39 is 5.60 Å². The van der Waals surface area contributed by atoms with Gasteiger partial charge in [-0.2, -0.15) is 0 Å². The maximum Gasteiger partial charge on any atom is 0.0899 e. The van der Waals surface area contributed by atoms with Crippen molar-refractivity contribution in [3.05, 3.63) is 35.4 Å². The van der Waals surface area contributed by atoms with Crippen molar-refractivity contribution in [2.45, 2.75) is 50.2 Å². The molecule has 2 fully saturated rings. The van der Waals surface area contributed by atoms with Gasteiger partial charge >= 0.3 is 0 Å². The van der Waals surface area contributed by atoms with E-state index >= 15 is 0 Å². The number of aliphatic hydroxyl groups is 1. The van der Waals surface area contributed by atoms with Crippen molar-refractivity contribution in [2.24, 2.45) is 0 Å². The predicted octanol–water partition coefficient (Wildman–Crippen LogP) is 2.35. The van der Waals surface area contributed by atoms with Crippen LogP contribution in [0.15, 0.2) is 24.3 Å². The molecule has 3 rings (SSSR count). The van der Waals surface area contributed by atoms with Crippen molar-refractivity contribution < 1.29 is 5.11 Å². The van der Waals surface area contributed by atoms with Gasteiger partial charge in [-0.05, 0) is 49.8 Å². The average molecular weight is 231 g/mol. The molecule has 2 nitrogen and oxygen atoms in total. The Morgan fingerprint density at radius 1 is 1.18 bits per heavy atom. The van der Waals surface area contributed by atoms with E-state index in [1.54, 1.807) is 0 Å². The molecular formula is C15H21NO. The fourth-order valence-electron chi connectivity index (χ4n) is 2.74. The van der Waals surface area contributed by atoms with Gasteiger partial charge in [0.1, 0.15) is 0 Å². The van der Waals surface area contributed by atoms with Crippen molar-refractivity contribution in [3.63, 3.8) is 0 Å². The molecule has 17 heavy (non-hydrogen) atoms. The van der Waals surface area contributed by atoms with Crippen molar-refractivity contribution in [3.8, 4) is 0 Å². The molecule has 0 bridgehead atoms. The van der Waals surface area contributed by atoms with Gasteiger partial charge in [-0.25, -0.2) is 0 Å². The summed E-state index contributed by atoms with van der Waals surface area (Å²) in [6.45, 7) is 1.17. The monoisotopic (exact) mass is 231 g/mol. The number of benzene rings is 1. The van der Waals surface area contributed by atoms with E-state index in [4.69, 9.17) is 0 Å². The van der Waals surface area contributed by atoms with E-state index in [1.807, 2.05) is 0 Å². The van der Waals surface area contributed by atoms with E-state index in [0.717, 1.165) is 24.8 Å². The van der Waals surface area contributed by atoms with Gasteiger partial charge in [0.2, 0.25) is 0 Å². The lowest BCUT2D eigenvalue weighted by molar-refractivity contribution is 0.151. The summed E-state index contributed by atoms with van der Waals surface area (Å²) < 4.78 is 0. The summed E-state index contributed by atoms with van der Waals surface area (Å²) in [6, 6.07) is 9.22. The van der Waals surface area contributed by atoms with E-state index in [-0.39, 0.29) is 0 Å². The molecule has 2 heteroatoms. The van der Waals surface area contributed by atoms with Crippen LogP contribution in [0.1, 0.15) is 43.2 Å². The van der Waals surface area contributed by atoms with Crippen LogP contribution < -0.4 is 5.32 Å². The Labute approximate surface area is 103 Å². The van der Waals surface area contributed by atoms with E-state index in [9.17, 15) is 5.11 Å². The molecule has 1 saturated carbocycles. The van der Waals surface area contributed by atoms with E-state index in [1.165, 1.54) is 31.4 Å². The molecule has 1 aliphatic heterocycles. The molecule has 1 heterocycles. The number of rotatable bonds is 3. The molecular weight excluding hydrogens is 210 g/mol. The Bertz CT molecular complexity index is 374. The zero-order chi connectivity index (χ0) is 11.7. The number of nitrogens with one attached hydrogen (secondary N) is 1. The van der Waals surface area contributed by atoms with Crippen molar-refractivity contribution in [2.75, 3.05) is 6.54 Å². The summed E-state index contributed by atoms with van der Waals surface area (Å²) in [5, 5.41) is 13.6. The number of hydrogen-bond donors (Lipinski definition) is 2. The Morgan fingerprint density at radius 2 is 1.94 bits per heavy atom. The maximum absolute atomic E-state index is 10.0. The summed E-state index contributed by atoms with van der Waals surface area (Å²) in [4.78, 5) is 0. The van der Waals surface area contributed by atoms with E-state index in [2.05, 4.69) is 29.6 Å². The van der Waals surface area contributed by atoms with Gasteiger partial charge in [0.25, 0.3) is 0 Å². The van der Waals surface area contributed by atoms with Gasteiger partial charge in [0.05, 0.1) is 5.60 Å². The number of piperidine rings is 1. The zero-order valence-electron chi connectivity index (χ0n) is 10.3. The maximum atomic E-state index is 10.0. The standard InChI is InChI=1S/C15H21NO/c17-15(8-9-15)13-6-4-12(5-7-13)11-14-3-1-2-10-16-14/h4-7,14,16-17H,1-3,8-11H2. The second-order valence-corrected chi connectivity index (χ2v) is 5.58. The minimum absolute atomic E-state index is 0.485. The first-order valence-electron chi connectivity index (χ1n) is 6.81. The third-order valence-corrected chi connectivity index (χ3v) is 4.11. The second-order valence-electron chi connectivity index (χ2n) is 5.58. The van der Waals surface area contributed by atoms with Crippen LogP contribution >= 0.6 is 0 Å². The predicted molar refractivity (Wildman–Crippen MR) is 68.9 cm³/mol. The van der Waals surface area contributed by atoms with Gasteiger partial charge in [0.15, 0.2) is 0 Å². The Balaban J connectivity index is 1.63. The highest BCUT2D eigenvalue weighted by Crippen LogP contribution is 2.45. The molecule has 0 aromatic heterocycles. The highest BCUT2D eigenvalue weighted by molar-refractivity contribution is 5.31. The van der Waals surface area contributed by atoms with Crippen LogP contribution in [0, 0.1) is 0 Å². The third-order valence-electron chi connectivity index (χ3n) is 4.11. The summed E-state index contributed by atoms with van der Waals surface area (Å²) >= 11 is 0. The van der Waals surface area contributed by atoms with Crippen molar-refractivity contribution >= 4 is 0 Å². The molecule has 1 atom stereocenters. The average Bonchev–Trinajstić information content (AvgIpc) is 3.11. The first kappa shape index (κ1) is 11.2. The minimum atomic E-state index is -0.485. The summed E-state index contributed by atoms with van der Waals surface area (Å²) in [6.07, 6.45) is 6.95. The fourth-order valence-corrected chi connectivity index (χ4v) is 2.74. The second kappa shape index (κ2) is 4.43. The first-order valence-corrected chi connectivity index (χ1v) is 6.81. The summed E-state index contributed by atoms with van der Waals surface area (Å²) in [7, 11) is 0. The molecule has 0 spiro atoms. The van der Waals surface area contributed by atoms with Crippen LogP contribution in [-0.2, 0) is 12.0 Å². The van der Waals surface area contributed by atoms with Crippen LogP contribution in [0.25, 0.3) is 0 Å². The molecule has 2 N–H and O–H groups in total. The zero-order valence-corrected chi connectivity index (χ0v) is 10.3. The molecule has 1 aliphatic carbocycles. The highest BCUT2D eigenvalue weighted by Gasteiger charge is 2.41. The Hall–Kier alpha value is -0.860. The van der Waals surface area contributed by atoms with Crippen LogP contribution in [0.5, 0.6) is 0 Å². The minimum Gasteiger partial charge on any atom is -0.385 e. The topological polar surface area (TPSA) is 32.3 Å². The lowest BCUT2D eigenvalue weighted by Crippen LogP contribution is -2.35.